The first kappa shape index (κ1) is 10.9. The van der Waals surface area contributed by atoms with Gasteiger partial charge in [0, 0.05) is 25.7 Å². The number of benzene rings is 1. The van der Waals surface area contributed by atoms with Crippen LogP contribution in [0.2, 0.25) is 0 Å². The van der Waals surface area contributed by atoms with Crippen molar-refractivity contribution in [3.63, 3.8) is 0 Å². The van der Waals surface area contributed by atoms with Crippen LogP contribution in [0.5, 0.6) is 0 Å². The SMILES string of the molecule is CON(C)CCc1nc2ccc(N)cc2[nH]1. The average Bonchev–Trinajstić information content (AvgIpc) is 2.67. The summed E-state index contributed by atoms with van der Waals surface area (Å²) in [6.45, 7) is 0.797. The number of H-pyrrole nitrogens is 1. The number of likely N-dealkylation sites (N-methyl/N-ethyl adjacent to an activating group) is 1. The zero-order valence-electron chi connectivity index (χ0n) is 9.53. The van der Waals surface area contributed by atoms with Crippen LogP contribution in [0.25, 0.3) is 11.0 Å². The number of hydrogen-bond acceptors (Lipinski definition) is 4. The molecule has 0 saturated heterocycles. The number of nitrogens with two attached hydrogens (primary N) is 1. The maximum absolute atomic E-state index is 5.70. The summed E-state index contributed by atoms with van der Waals surface area (Å²) in [5.41, 5.74) is 8.38. The Bertz CT molecular complexity index is 480. The summed E-state index contributed by atoms with van der Waals surface area (Å²) in [6.07, 6.45) is 0.818. The Morgan fingerprint density at radius 2 is 2.31 bits per heavy atom. The monoisotopic (exact) mass is 220 g/mol. The van der Waals surface area contributed by atoms with Crippen molar-refractivity contribution >= 4 is 16.7 Å². The molecule has 5 heteroatoms. The first-order valence-electron chi connectivity index (χ1n) is 5.18. The molecule has 0 aliphatic rings. The fraction of sp³-hybridized carbons (Fsp3) is 0.364. The Hall–Kier alpha value is -1.59. The zero-order valence-corrected chi connectivity index (χ0v) is 9.53. The van der Waals surface area contributed by atoms with E-state index < -0.39 is 0 Å². The van der Waals surface area contributed by atoms with Gasteiger partial charge in [0.05, 0.1) is 18.1 Å². The Balaban J connectivity index is 2.13. The smallest absolute Gasteiger partial charge is 0.108 e. The number of rotatable bonds is 4. The molecule has 86 valence electrons. The lowest BCUT2D eigenvalue weighted by atomic mass is 10.3. The highest BCUT2D eigenvalue weighted by atomic mass is 16.7. The number of aromatic amines is 1. The van der Waals surface area contributed by atoms with Gasteiger partial charge in [0.15, 0.2) is 0 Å². The lowest BCUT2D eigenvalue weighted by Gasteiger charge is -2.11. The largest absolute Gasteiger partial charge is 0.399 e. The van der Waals surface area contributed by atoms with Gasteiger partial charge in [-0.3, -0.25) is 0 Å². The van der Waals surface area contributed by atoms with Crippen molar-refractivity contribution in [2.24, 2.45) is 0 Å². The number of imidazole rings is 1. The second-order valence-corrected chi connectivity index (χ2v) is 3.74. The van der Waals surface area contributed by atoms with Crippen molar-refractivity contribution in [2.75, 3.05) is 26.4 Å². The van der Waals surface area contributed by atoms with Gasteiger partial charge in [0.2, 0.25) is 0 Å². The highest BCUT2D eigenvalue weighted by Gasteiger charge is 2.04. The Morgan fingerprint density at radius 1 is 1.50 bits per heavy atom. The van der Waals surface area contributed by atoms with E-state index in [1.54, 1.807) is 12.2 Å². The second kappa shape index (κ2) is 4.51. The van der Waals surface area contributed by atoms with Crippen LogP contribution >= 0.6 is 0 Å². The second-order valence-electron chi connectivity index (χ2n) is 3.74. The predicted octanol–water partition coefficient (Wildman–Crippen LogP) is 1.18. The Kier molecular flexibility index (Phi) is 3.07. The molecule has 2 rings (SSSR count). The molecule has 1 aromatic heterocycles. The van der Waals surface area contributed by atoms with E-state index in [1.165, 1.54) is 0 Å². The van der Waals surface area contributed by atoms with E-state index in [9.17, 15) is 0 Å². The minimum Gasteiger partial charge on any atom is -0.399 e. The molecule has 0 aliphatic heterocycles. The molecule has 0 atom stereocenters. The van der Waals surface area contributed by atoms with Crippen LogP contribution < -0.4 is 5.73 Å². The quantitative estimate of drug-likeness (QED) is 0.599. The van der Waals surface area contributed by atoms with Crippen LogP contribution in [0.1, 0.15) is 5.82 Å². The van der Waals surface area contributed by atoms with Gasteiger partial charge in [0.25, 0.3) is 0 Å². The lowest BCUT2D eigenvalue weighted by molar-refractivity contribution is -0.108. The van der Waals surface area contributed by atoms with Crippen molar-refractivity contribution in [2.45, 2.75) is 6.42 Å². The van der Waals surface area contributed by atoms with Gasteiger partial charge in [-0.2, -0.15) is 5.06 Å². The number of anilines is 1. The predicted molar refractivity (Wildman–Crippen MR) is 63.8 cm³/mol. The van der Waals surface area contributed by atoms with Gasteiger partial charge in [-0.05, 0) is 18.2 Å². The van der Waals surface area contributed by atoms with Gasteiger partial charge in [-0.1, -0.05) is 0 Å². The molecule has 1 aromatic carbocycles. The van der Waals surface area contributed by atoms with Crippen molar-refractivity contribution in [3.05, 3.63) is 24.0 Å². The van der Waals surface area contributed by atoms with Crippen molar-refractivity contribution in [1.82, 2.24) is 15.0 Å². The van der Waals surface area contributed by atoms with E-state index in [0.717, 1.165) is 35.5 Å². The molecule has 5 nitrogen and oxygen atoms in total. The van der Waals surface area contributed by atoms with E-state index in [2.05, 4.69) is 9.97 Å². The fourth-order valence-electron chi connectivity index (χ4n) is 1.55. The molecule has 0 aliphatic carbocycles. The van der Waals surface area contributed by atoms with Crippen molar-refractivity contribution in [1.29, 1.82) is 0 Å². The summed E-state index contributed by atoms with van der Waals surface area (Å²) in [5, 5.41) is 1.77. The molecular weight excluding hydrogens is 204 g/mol. The minimum absolute atomic E-state index is 0.747. The van der Waals surface area contributed by atoms with Crippen LogP contribution in [0.4, 0.5) is 5.69 Å². The maximum Gasteiger partial charge on any atom is 0.108 e. The first-order valence-corrected chi connectivity index (χ1v) is 5.18. The summed E-state index contributed by atoms with van der Waals surface area (Å²) in [6, 6.07) is 5.67. The number of nitrogens with one attached hydrogen (secondary N) is 1. The van der Waals surface area contributed by atoms with Crippen LogP contribution in [0.15, 0.2) is 18.2 Å². The standard InChI is InChI=1S/C11H16N4O/c1-15(16-2)6-5-11-13-9-4-3-8(12)7-10(9)14-11/h3-4,7H,5-6,12H2,1-2H3,(H,13,14). The molecule has 0 spiro atoms. The first-order chi connectivity index (χ1) is 7.69. The van der Waals surface area contributed by atoms with Crippen LogP contribution in [-0.4, -0.2) is 35.7 Å². The molecule has 0 saturated carbocycles. The van der Waals surface area contributed by atoms with Gasteiger partial charge in [-0.25, -0.2) is 4.98 Å². The molecule has 0 amide bonds. The van der Waals surface area contributed by atoms with Crippen LogP contribution in [0.3, 0.4) is 0 Å². The Labute approximate surface area is 94.2 Å². The number of fused-ring (bicyclic) bond motifs is 1. The Morgan fingerprint density at radius 3 is 3.06 bits per heavy atom. The third-order valence-corrected chi connectivity index (χ3v) is 2.53. The molecule has 3 N–H and O–H groups in total. The summed E-state index contributed by atoms with van der Waals surface area (Å²) in [4.78, 5) is 12.7. The molecule has 0 radical (unpaired) electrons. The summed E-state index contributed by atoms with van der Waals surface area (Å²) >= 11 is 0. The normalized spacial score (nSPS) is 11.4. The van der Waals surface area contributed by atoms with Crippen molar-refractivity contribution in [3.8, 4) is 0 Å². The number of nitrogens with zero attached hydrogens (tertiary/aromatic N) is 2. The van der Waals surface area contributed by atoms with Crippen LogP contribution in [0, 0.1) is 0 Å². The molecule has 1 heterocycles. The summed E-state index contributed by atoms with van der Waals surface area (Å²) in [5.74, 6) is 0.949. The molecule has 0 unspecified atom stereocenters. The molecule has 16 heavy (non-hydrogen) atoms. The highest BCUT2D eigenvalue weighted by Crippen LogP contribution is 2.15. The number of hydrogen-bond donors (Lipinski definition) is 2. The van der Waals surface area contributed by atoms with Gasteiger partial charge in [0.1, 0.15) is 5.82 Å². The maximum atomic E-state index is 5.70. The van der Waals surface area contributed by atoms with E-state index >= 15 is 0 Å². The number of nitrogen functional groups attached to an aromatic ring is 1. The summed E-state index contributed by atoms with van der Waals surface area (Å²) < 4.78 is 0. The van der Waals surface area contributed by atoms with E-state index in [1.807, 2.05) is 25.2 Å². The van der Waals surface area contributed by atoms with Crippen LogP contribution in [-0.2, 0) is 11.3 Å². The van der Waals surface area contributed by atoms with Gasteiger partial charge in [-0.15, -0.1) is 0 Å². The highest BCUT2D eigenvalue weighted by molar-refractivity contribution is 5.78. The third kappa shape index (κ3) is 2.32. The van der Waals surface area contributed by atoms with Gasteiger partial charge >= 0.3 is 0 Å². The minimum atomic E-state index is 0.747. The molecule has 0 fully saturated rings. The zero-order chi connectivity index (χ0) is 11.5. The lowest BCUT2D eigenvalue weighted by Crippen LogP contribution is -2.19. The molecule has 0 bridgehead atoms. The molecular formula is C11H16N4O. The molecule has 2 aromatic rings. The van der Waals surface area contributed by atoms with Crippen molar-refractivity contribution < 1.29 is 4.84 Å². The average molecular weight is 220 g/mol. The van der Waals surface area contributed by atoms with E-state index in [0.29, 0.717) is 0 Å². The summed E-state index contributed by atoms with van der Waals surface area (Å²) in [7, 11) is 3.54. The topological polar surface area (TPSA) is 67.2 Å². The fourth-order valence-corrected chi connectivity index (χ4v) is 1.55. The number of hydroxylamine groups is 2. The van der Waals surface area contributed by atoms with Gasteiger partial charge < -0.3 is 15.6 Å². The van der Waals surface area contributed by atoms with E-state index in [-0.39, 0.29) is 0 Å². The van der Waals surface area contributed by atoms with E-state index in [4.69, 9.17) is 10.6 Å². The number of aromatic nitrogens is 2. The third-order valence-electron chi connectivity index (χ3n) is 2.53.